The summed E-state index contributed by atoms with van der Waals surface area (Å²) in [5, 5.41) is 0. The fourth-order valence-electron chi connectivity index (χ4n) is 2.63. The van der Waals surface area contributed by atoms with Gasteiger partial charge in [-0.15, -0.1) is 0 Å². The Labute approximate surface area is 76.1 Å². The second-order valence-electron chi connectivity index (χ2n) is 4.26. The van der Waals surface area contributed by atoms with Crippen molar-refractivity contribution in [3.8, 4) is 0 Å². The van der Waals surface area contributed by atoms with Crippen LogP contribution in [-0.2, 0) is 19.0 Å². The number of carbonyl (C=O) groups is 1. The van der Waals surface area contributed by atoms with Crippen molar-refractivity contribution in [3.63, 3.8) is 0 Å². The summed E-state index contributed by atoms with van der Waals surface area (Å²) < 4.78 is 16.5. The van der Waals surface area contributed by atoms with Gasteiger partial charge in [0.05, 0.1) is 13.0 Å². The minimum atomic E-state index is -0.510. The summed E-state index contributed by atoms with van der Waals surface area (Å²) in [4.78, 5) is 11.1. The molecule has 3 saturated heterocycles. The summed E-state index contributed by atoms with van der Waals surface area (Å²) in [5.74, 6) is -0.641. The first-order valence-corrected chi connectivity index (χ1v) is 4.66. The van der Waals surface area contributed by atoms with E-state index in [4.69, 9.17) is 14.2 Å². The Balaban J connectivity index is 1.97. The van der Waals surface area contributed by atoms with Crippen LogP contribution < -0.4 is 0 Å². The molecule has 3 aliphatic rings. The summed E-state index contributed by atoms with van der Waals surface area (Å²) >= 11 is 0. The zero-order valence-electron chi connectivity index (χ0n) is 7.54. The van der Waals surface area contributed by atoms with E-state index >= 15 is 0 Å². The molecule has 0 N–H and O–H groups in total. The first-order chi connectivity index (χ1) is 6.12. The summed E-state index contributed by atoms with van der Waals surface area (Å²) in [6, 6.07) is 0. The Bertz CT molecular complexity index is 277. The minimum absolute atomic E-state index is 0.0764. The first kappa shape index (κ1) is 7.76. The molecule has 3 atom stereocenters. The second kappa shape index (κ2) is 2.07. The van der Waals surface area contributed by atoms with Gasteiger partial charge in [0.2, 0.25) is 0 Å². The lowest BCUT2D eigenvalue weighted by Crippen LogP contribution is -2.43. The molecule has 0 radical (unpaired) electrons. The third-order valence-electron chi connectivity index (χ3n) is 3.21. The summed E-state index contributed by atoms with van der Waals surface area (Å²) in [5.41, 5.74) is -0.357. The van der Waals surface area contributed by atoms with E-state index in [1.54, 1.807) is 0 Å². The Morgan fingerprint density at radius 2 is 2.38 bits per heavy atom. The van der Waals surface area contributed by atoms with E-state index < -0.39 is 5.79 Å². The molecular formula is C9H12O4. The highest BCUT2D eigenvalue weighted by Crippen LogP contribution is 2.51. The van der Waals surface area contributed by atoms with Gasteiger partial charge in [0, 0.05) is 12.8 Å². The van der Waals surface area contributed by atoms with Gasteiger partial charge in [-0.1, -0.05) is 0 Å². The van der Waals surface area contributed by atoms with Crippen molar-refractivity contribution < 1.29 is 19.0 Å². The number of carbonyl (C=O) groups excluding carboxylic acids is 1. The molecule has 4 heteroatoms. The molecule has 1 spiro atoms. The largest absolute Gasteiger partial charge is 0.459 e. The molecule has 72 valence electrons. The Kier molecular flexibility index (Phi) is 1.23. The standard InChI is InChI=1S/C9H12O4/c1-8-4-6-9(13-8,2-3-11-8)5-7(10)12-6/h6H,2-5H2,1H3/t6-,8-,9+/m0/s1. The van der Waals surface area contributed by atoms with Gasteiger partial charge in [0.15, 0.2) is 5.79 Å². The van der Waals surface area contributed by atoms with E-state index in [1.807, 2.05) is 6.92 Å². The maximum atomic E-state index is 11.1. The van der Waals surface area contributed by atoms with E-state index in [-0.39, 0.29) is 17.7 Å². The predicted octanol–water partition coefficient (Wildman–Crippen LogP) is 0.598. The van der Waals surface area contributed by atoms with Crippen molar-refractivity contribution >= 4 is 5.97 Å². The fraction of sp³-hybridized carbons (Fsp3) is 0.889. The van der Waals surface area contributed by atoms with Gasteiger partial charge < -0.3 is 14.2 Å². The SMILES string of the molecule is C[C@]12C[C@@H]3OC(=O)C[C@@]3(CCO1)O2. The smallest absolute Gasteiger partial charge is 0.309 e. The van der Waals surface area contributed by atoms with E-state index in [2.05, 4.69) is 0 Å². The van der Waals surface area contributed by atoms with Crippen molar-refractivity contribution in [2.24, 2.45) is 0 Å². The van der Waals surface area contributed by atoms with E-state index in [1.165, 1.54) is 0 Å². The number of hydrogen-bond acceptors (Lipinski definition) is 4. The van der Waals surface area contributed by atoms with Crippen molar-refractivity contribution in [3.05, 3.63) is 0 Å². The monoisotopic (exact) mass is 184 g/mol. The van der Waals surface area contributed by atoms with Gasteiger partial charge in [0.1, 0.15) is 11.7 Å². The minimum Gasteiger partial charge on any atom is -0.459 e. The Hall–Kier alpha value is -0.610. The molecule has 0 amide bonds. The highest BCUT2D eigenvalue weighted by Gasteiger charge is 2.63. The van der Waals surface area contributed by atoms with Gasteiger partial charge in [-0.25, -0.2) is 0 Å². The molecule has 4 nitrogen and oxygen atoms in total. The molecule has 3 fully saturated rings. The van der Waals surface area contributed by atoms with Crippen LogP contribution in [0.15, 0.2) is 0 Å². The third kappa shape index (κ3) is 0.901. The molecule has 0 unspecified atom stereocenters. The van der Waals surface area contributed by atoms with Crippen molar-refractivity contribution in [1.82, 2.24) is 0 Å². The first-order valence-electron chi connectivity index (χ1n) is 4.66. The Morgan fingerprint density at radius 1 is 1.54 bits per heavy atom. The van der Waals surface area contributed by atoms with Crippen LogP contribution in [-0.4, -0.2) is 30.1 Å². The summed E-state index contributed by atoms with van der Waals surface area (Å²) in [6.45, 7) is 2.59. The highest BCUT2D eigenvalue weighted by molar-refractivity contribution is 5.74. The van der Waals surface area contributed by atoms with Gasteiger partial charge in [-0.2, -0.15) is 0 Å². The van der Waals surface area contributed by atoms with Crippen LogP contribution in [0, 0.1) is 0 Å². The molecule has 0 aliphatic carbocycles. The summed E-state index contributed by atoms with van der Waals surface area (Å²) in [6.07, 6.45) is 1.78. The molecule has 0 aromatic rings. The van der Waals surface area contributed by atoms with Crippen LogP contribution in [0.4, 0.5) is 0 Å². The fourth-order valence-corrected chi connectivity index (χ4v) is 2.63. The normalized spacial score (nSPS) is 53.3. The lowest BCUT2D eigenvalue weighted by Gasteiger charge is -2.35. The van der Waals surface area contributed by atoms with Crippen molar-refractivity contribution in [2.75, 3.05) is 6.61 Å². The summed E-state index contributed by atoms with van der Waals surface area (Å²) in [7, 11) is 0. The Morgan fingerprint density at radius 3 is 3.23 bits per heavy atom. The number of fused-ring (bicyclic) bond motifs is 1. The van der Waals surface area contributed by atoms with Gasteiger partial charge in [-0.05, 0) is 6.92 Å². The zero-order valence-corrected chi connectivity index (χ0v) is 7.54. The van der Waals surface area contributed by atoms with Crippen LogP contribution in [0.1, 0.15) is 26.2 Å². The average molecular weight is 184 g/mol. The number of ether oxygens (including phenoxy) is 3. The number of esters is 1. The molecule has 0 aromatic carbocycles. The van der Waals surface area contributed by atoms with Crippen molar-refractivity contribution in [2.45, 2.75) is 43.7 Å². The lowest BCUT2D eigenvalue weighted by molar-refractivity contribution is -0.278. The van der Waals surface area contributed by atoms with Crippen LogP contribution in [0.2, 0.25) is 0 Å². The van der Waals surface area contributed by atoms with Crippen molar-refractivity contribution in [1.29, 1.82) is 0 Å². The molecule has 0 saturated carbocycles. The molecule has 3 rings (SSSR count). The quantitative estimate of drug-likeness (QED) is 0.517. The second-order valence-corrected chi connectivity index (χ2v) is 4.26. The van der Waals surface area contributed by atoms with Gasteiger partial charge >= 0.3 is 5.97 Å². The van der Waals surface area contributed by atoms with Crippen LogP contribution in [0.5, 0.6) is 0 Å². The lowest BCUT2D eigenvalue weighted by atomic mass is 9.92. The van der Waals surface area contributed by atoms with E-state index in [0.29, 0.717) is 19.4 Å². The number of hydrogen-bond donors (Lipinski definition) is 0. The molecule has 0 aromatic heterocycles. The van der Waals surface area contributed by atoms with Crippen LogP contribution in [0.3, 0.4) is 0 Å². The zero-order chi connectivity index (χ0) is 9.10. The maximum Gasteiger partial charge on any atom is 0.309 e. The molecule has 13 heavy (non-hydrogen) atoms. The van der Waals surface area contributed by atoms with Gasteiger partial charge in [0.25, 0.3) is 0 Å². The highest BCUT2D eigenvalue weighted by atomic mass is 16.7. The average Bonchev–Trinajstić information content (AvgIpc) is 2.33. The van der Waals surface area contributed by atoms with Crippen LogP contribution >= 0.6 is 0 Å². The molecular weight excluding hydrogens is 172 g/mol. The van der Waals surface area contributed by atoms with E-state index in [0.717, 1.165) is 6.42 Å². The third-order valence-corrected chi connectivity index (χ3v) is 3.21. The van der Waals surface area contributed by atoms with E-state index in [9.17, 15) is 4.79 Å². The van der Waals surface area contributed by atoms with Gasteiger partial charge in [-0.3, -0.25) is 4.79 Å². The molecule has 2 bridgehead atoms. The molecule has 3 aliphatic heterocycles. The topological polar surface area (TPSA) is 44.8 Å². The predicted molar refractivity (Wildman–Crippen MR) is 41.9 cm³/mol. The maximum absolute atomic E-state index is 11.1. The molecule has 3 heterocycles. The number of rotatable bonds is 0. The van der Waals surface area contributed by atoms with Crippen LogP contribution in [0.25, 0.3) is 0 Å².